The van der Waals surface area contributed by atoms with Crippen LogP contribution < -0.4 is 5.73 Å². The van der Waals surface area contributed by atoms with Crippen molar-refractivity contribution in [1.82, 2.24) is 19.5 Å². The van der Waals surface area contributed by atoms with Crippen molar-refractivity contribution in [3.05, 3.63) is 12.7 Å². The Morgan fingerprint density at radius 1 is 0.907 bits per heavy atom. The molecule has 0 radical (unpaired) electrons. The van der Waals surface area contributed by atoms with Gasteiger partial charge >= 0.3 is 7.60 Å². The number of ether oxygens (including phenoxy) is 2. The highest BCUT2D eigenvalue weighted by Gasteiger charge is 2.26. The van der Waals surface area contributed by atoms with E-state index < -0.39 is 17.6 Å². The Labute approximate surface area is 262 Å². The van der Waals surface area contributed by atoms with Gasteiger partial charge in [-0.1, -0.05) is 78.6 Å². The van der Waals surface area contributed by atoms with Gasteiger partial charge in [-0.3, -0.25) is 4.57 Å². The Hall–Kier alpha value is -1.23. The molecule has 2 atom stereocenters. The zero-order valence-electron chi connectivity index (χ0n) is 27.8. The zero-order chi connectivity index (χ0) is 31.8. The summed E-state index contributed by atoms with van der Waals surface area (Å²) < 4.78 is 31.0. The minimum atomic E-state index is -3.84. The molecule has 10 nitrogen and oxygen atoms in total. The van der Waals surface area contributed by atoms with Gasteiger partial charge in [-0.05, 0) is 49.2 Å². The molecule has 12 heteroatoms. The second kappa shape index (κ2) is 19.3. The van der Waals surface area contributed by atoms with Crippen LogP contribution in [0.4, 0.5) is 5.82 Å². The van der Waals surface area contributed by atoms with E-state index in [9.17, 15) is 9.46 Å². The number of rotatable bonds is 24. The lowest BCUT2D eigenvalue weighted by molar-refractivity contribution is 0.0688. The van der Waals surface area contributed by atoms with Gasteiger partial charge in [0.05, 0.1) is 25.6 Å². The van der Waals surface area contributed by atoms with Crippen LogP contribution in [-0.4, -0.2) is 79.7 Å². The first kappa shape index (κ1) is 38.0. The number of fused-ring (bicyclic) bond motifs is 1. The van der Waals surface area contributed by atoms with Crippen molar-refractivity contribution in [3.63, 3.8) is 0 Å². The maximum absolute atomic E-state index is 12.3. The predicted molar refractivity (Wildman–Crippen MR) is 181 cm³/mol. The van der Waals surface area contributed by atoms with E-state index in [1.165, 1.54) is 76.3 Å². The number of unbranched alkanes of at least 4 members (excludes halogenated alkanes) is 10. The standard InChI is InChI=1S/C31H60N5O5PS/c1-27(23-36-25-35-28-29(32)33-24-34-30(28)36)40-26-42(37,38)41-21-18-20-39-19-16-14-12-10-8-7-9-11-13-15-17-22-43(5,6)31(2,3)4/h24-25,27H,7-23,26H2,1-6H3,(H,37,38)(H2,32,33,34)/t27-/m1/s1. The summed E-state index contributed by atoms with van der Waals surface area (Å²) in [7, 11) is -4.33. The number of anilines is 1. The Balaban J connectivity index is 1.37. The highest BCUT2D eigenvalue weighted by atomic mass is 32.3. The number of nitrogens with two attached hydrogens (primary N) is 1. The summed E-state index contributed by atoms with van der Waals surface area (Å²) in [6.45, 7) is 10.8. The van der Waals surface area contributed by atoms with E-state index in [-0.39, 0.29) is 19.1 Å². The molecule has 0 saturated carbocycles. The predicted octanol–water partition coefficient (Wildman–Crippen LogP) is 7.53. The van der Waals surface area contributed by atoms with Crippen LogP contribution in [0.15, 0.2) is 12.7 Å². The maximum Gasteiger partial charge on any atom is 0.353 e. The largest absolute Gasteiger partial charge is 0.382 e. The van der Waals surface area contributed by atoms with Gasteiger partial charge in [0.25, 0.3) is 0 Å². The summed E-state index contributed by atoms with van der Waals surface area (Å²) >= 11 is 0. The number of hydrogen-bond donors (Lipinski definition) is 2. The van der Waals surface area contributed by atoms with Gasteiger partial charge in [-0.25, -0.2) is 25.0 Å². The van der Waals surface area contributed by atoms with E-state index in [0.29, 0.717) is 41.3 Å². The quantitative estimate of drug-likeness (QED) is 0.0877. The van der Waals surface area contributed by atoms with Crippen LogP contribution >= 0.6 is 17.6 Å². The fourth-order valence-electron chi connectivity index (χ4n) is 4.66. The van der Waals surface area contributed by atoms with Crippen molar-refractivity contribution >= 4 is 34.6 Å². The van der Waals surface area contributed by atoms with Gasteiger partial charge in [0.1, 0.15) is 18.2 Å². The molecule has 0 saturated heterocycles. The van der Waals surface area contributed by atoms with Crippen LogP contribution in [0.1, 0.15) is 105 Å². The minimum absolute atomic E-state index is 0.157. The SMILES string of the molecule is C[C@H](Cn1cnc2c(N)ncnc21)OCP(=O)(O)OCCCOCCCCCCCCCCCCCS(C)(C)C(C)(C)C. The van der Waals surface area contributed by atoms with E-state index in [2.05, 4.69) is 48.2 Å². The van der Waals surface area contributed by atoms with Gasteiger partial charge in [-0.15, -0.1) is 0 Å². The first-order valence-corrected chi connectivity index (χ1v) is 20.5. The van der Waals surface area contributed by atoms with Crippen molar-refractivity contribution in [2.24, 2.45) is 0 Å². The molecule has 2 heterocycles. The second-order valence-electron chi connectivity index (χ2n) is 13.1. The van der Waals surface area contributed by atoms with Crippen molar-refractivity contribution in [1.29, 1.82) is 0 Å². The molecule has 2 aromatic heterocycles. The molecule has 0 aliphatic carbocycles. The number of imidazole rings is 1. The molecule has 2 rings (SSSR count). The number of nitrogens with zero attached hydrogens (tertiary/aromatic N) is 4. The fourth-order valence-corrected chi connectivity index (χ4v) is 7.13. The zero-order valence-corrected chi connectivity index (χ0v) is 29.5. The molecule has 0 bridgehead atoms. The summed E-state index contributed by atoms with van der Waals surface area (Å²) in [4.78, 5) is 22.4. The third-order valence-electron chi connectivity index (χ3n) is 8.23. The average Bonchev–Trinajstić information content (AvgIpc) is 3.34. The van der Waals surface area contributed by atoms with Crippen LogP contribution in [0.25, 0.3) is 11.2 Å². The van der Waals surface area contributed by atoms with Crippen molar-refractivity contribution in [2.75, 3.05) is 50.2 Å². The highest BCUT2D eigenvalue weighted by molar-refractivity contribution is 8.33. The van der Waals surface area contributed by atoms with Crippen LogP contribution in [0.5, 0.6) is 0 Å². The molecule has 0 aliphatic rings. The Kier molecular flexibility index (Phi) is 17.1. The third-order valence-corrected chi connectivity index (χ3v) is 13.9. The van der Waals surface area contributed by atoms with E-state index in [4.69, 9.17) is 19.7 Å². The molecule has 43 heavy (non-hydrogen) atoms. The molecule has 3 N–H and O–H groups in total. The van der Waals surface area contributed by atoms with Crippen LogP contribution in [0.2, 0.25) is 0 Å². The maximum atomic E-state index is 12.3. The number of nitrogen functional groups attached to an aromatic ring is 1. The van der Waals surface area contributed by atoms with E-state index >= 15 is 0 Å². The lowest BCUT2D eigenvalue weighted by atomic mass is 10.1. The van der Waals surface area contributed by atoms with Crippen molar-refractivity contribution < 1.29 is 23.5 Å². The van der Waals surface area contributed by atoms with Crippen molar-refractivity contribution in [2.45, 2.75) is 122 Å². The summed E-state index contributed by atoms with van der Waals surface area (Å²) in [5.41, 5.74) is 6.93. The smallest absolute Gasteiger partial charge is 0.353 e. The Morgan fingerprint density at radius 2 is 1.49 bits per heavy atom. The van der Waals surface area contributed by atoms with Gasteiger partial charge in [-0.2, -0.15) is 0 Å². The van der Waals surface area contributed by atoms with Gasteiger partial charge in [0.2, 0.25) is 0 Å². The van der Waals surface area contributed by atoms with Gasteiger partial charge in [0.15, 0.2) is 11.5 Å². The van der Waals surface area contributed by atoms with Crippen LogP contribution in [0.3, 0.4) is 0 Å². The molecule has 2 aromatic rings. The molecule has 0 amide bonds. The minimum Gasteiger partial charge on any atom is -0.382 e. The van der Waals surface area contributed by atoms with E-state index in [0.717, 1.165) is 13.0 Å². The van der Waals surface area contributed by atoms with Crippen molar-refractivity contribution in [3.8, 4) is 0 Å². The van der Waals surface area contributed by atoms with Gasteiger partial charge in [0, 0.05) is 13.2 Å². The summed E-state index contributed by atoms with van der Waals surface area (Å²) in [6, 6.07) is 0. The molecule has 250 valence electrons. The van der Waals surface area contributed by atoms with Crippen LogP contribution in [0, 0.1) is 0 Å². The first-order chi connectivity index (χ1) is 20.3. The summed E-state index contributed by atoms with van der Waals surface area (Å²) in [6.07, 6.45) is 22.3. The Bertz CT molecular complexity index is 1090. The molecular weight excluding hydrogens is 585 g/mol. The van der Waals surface area contributed by atoms with Gasteiger partial charge < -0.3 is 29.2 Å². The third kappa shape index (κ3) is 15.1. The highest BCUT2D eigenvalue weighted by Crippen LogP contribution is 2.53. The molecule has 0 aromatic carbocycles. The normalized spacial score (nSPS) is 15.1. The topological polar surface area (TPSA) is 135 Å². The fraction of sp³-hybridized carbons (Fsp3) is 0.839. The Morgan fingerprint density at radius 3 is 2.12 bits per heavy atom. The molecule has 1 unspecified atom stereocenters. The van der Waals surface area contributed by atoms with E-state index in [1.807, 2.05) is 6.92 Å². The monoisotopic (exact) mass is 645 g/mol. The first-order valence-electron chi connectivity index (χ1n) is 16.1. The summed E-state index contributed by atoms with van der Waals surface area (Å²) in [5, 5.41) is 0. The molecule has 0 spiro atoms. The lowest BCUT2D eigenvalue weighted by Gasteiger charge is -2.44. The lowest BCUT2D eigenvalue weighted by Crippen LogP contribution is -2.25. The van der Waals surface area contributed by atoms with E-state index in [1.54, 1.807) is 10.9 Å². The van der Waals surface area contributed by atoms with Crippen LogP contribution in [-0.2, 0) is 25.1 Å². The number of aromatic nitrogens is 4. The second-order valence-corrected chi connectivity index (χ2v) is 19.6. The average molecular weight is 646 g/mol. The molecule has 0 aliphatic heterocycles. The summed E-state index contributed by atoms with van der Waals surface area (Å²) in [5.74, 6) is 1.72. The molecular formula is C31H60N5O5PS. The number of hydrogen-bond acceptors (Lipinski definition) is 8. The molecule has 0 fully saturated rings.